The lowest BCUT2D eigenvalue weighted by Crippen LogP contribution is -2.25. The van der Waals surface area contributed by atoms with Crippen molar-refractivity contribution in [2.75, 3.05) is 0 Å². The Morgan fingerprint density at radius 2 is 1.00 bits per heavy atom. The number of imidazole rings is 1. The van der Waals surface area contributed by atoms with E-state index in [0.717, 1.165) is 71.8 Å². The van der Waals surface area contributed by atoms with Crippen molar-refractivity contribution >= 4 is 49.5 Å². The molecule has 2 aliphatic carbocycles. The van der Waals surface area contributed by atoms with Crippen molar-refractivity contribution < 1.29 is 4.42 Å². The van der Waals surface area contributed by atoms with E-state index in [4.69, 9.17) is 24.4 Å². The number of furan rings is 1. The highest BCUT2D eigenvalue weighted by molar-refractivity contribution is 6.22. The highest BCUT2D eigenvalue weighted by atomic mass is 16.3. The third-order valence-electron chi connectivity index (χ3n) is 13.1. The fourth-order valence-corrected chi connectivity index (χ4v) is 10.6. The average Bonchev–Trinajstić information content (AvgIpc) is 4.07. The molecule has 0 saturated heterocycles. The highest BCUT2D eigenvalue weighted by Crippen LogP contribution is 2.63. The molecule has 0 aliphatic heterocycles. The molecule has 2 aliphatic rings. The summed E-state index contributed by atoms with van der Waals surface area (Å²) < 4.78 is 8.92. The Labute approximate surface area is 349 Å². The molecule has 0 amide bonds. The van der Waals surface area contributed by atoms with Crippen LogP contribution in [0.4, 0.5) is 0 Å². The predicted octanol–water partition coefficient (Wildman–Crippen LogP) is 13.1. The molecule has 12 aromatic rings. The summed E-state index contributed by atoms with van der Waals surface area (Å²) in [4.78, 5) is 21.0. The van der Waals surface area contributed by atoms with Gasteiger partial charge in [-0.25, -0.2) is 19.9 Å². The third-order valence-corrected chi connectivity index (χ3v) is 13.1. The van der Waals surface area contributed by atoms with E-state index >= 15 is 0 Å². The molecule has 282 valence electrons. The molecule has 1 spiro atoms. The largest absolute Gasteiger partial charge is 0.439 e. The Bertz CT molecular complexity index is 3800. The average molecular weight is 778 g/mol. The van der Waals surface area contributed by atoms with Crippen molar-refractivity contribution in [3.63, 3.8) is 0 Å². The van der Waals surface area contributed by atoms with Crippen LogP contribution in [0.1, 0.15) is 22.3 Å². The monoisotopic (exact) mass is 777 g/mol. The van der Waals surface area contributed by atoms with E-state index in [0.29, 0.717) is 17.5 Å². The second kappa shape index (κ2) is 11.9. The molecule has 4 heterocycles. The van der Waals surface area contributed by atoms with Gasteiger partial charge in [-0.1, -0.05) is 158 Å². The van der Waals surface area contributed by atoms with Gasteiger partial charge in [-0.3, -0.25) is 4.40 Å². The summed E-state index contributed by atoms with van der Waals surface area (Å²) in [5, 5.41) is 4.17. The second-order valence-electron chi connectivity index (χ2n) is 16.1. The summed E-state index contributed by atoms with van der Waals surface area (Å²) in [6.45, 7) is 0. The van der Waals surface area contributed by atoms with Crippen molar-refractivity contribution in [3.05, 3.63) is 210 Å². The Morgan fingerprint density at radius 1 is 0.410 bits per heavy atom. The molecule has 0 unspecified atom stereocenters. The van der Waals surface area contributed by atoms with Gasteiger partial charge in [0.05, 0.1) is 21.8 Å². The van der Waals surface area contributed by atoms with Crippen LogP contribution in [0, 0.1) is 0 Å². The SMILES string of the molecule is c1ccc(-c2nc(-c3ccc4oc5c(c4c3)c3ccccc3c3nc4ccccc4n35)nc(-c3cccc4c3-c3ccccc3C43c4ccccc4-c4ccccc43)n2)cc1. The van der Waals surface area contributed by atoms with Gasteiger partial charge in [0.25, 0.3) is 0 Å². The zero-order valence-corrected chi connectivity index (χ0v) is 32.5. The molecular formula is C55H31N5O. The standard InChI is InChI=1S/C55H31N5O/c1-2-15-32(16-3-1)50-57-51(33-29-30-47-40(31-33)49-36-19-4-5-20-37(36)53-56-45-27-12-13-28-46(45)60(53)54(49)61-47)59-52(58-50)39-22-14-26-44-48(39)38-21-8-11-25-43(38)55(44)41-23-9-6-17-34(41)35-18-7-10-24-42(35)55/h1-31H. The number of nitrogens with zero attached hydrogens (tertiary/aromatic N) is 5. The predicted molar refractivity (Wildman–Crippen MR) is 243 cm³/mol. The fraction of sp³-hybridized carbons (Fsp3) is 0.0182. The first-order valence-corrected chi connectivity index (χ1v) is 20.6. The summed E-state index contributed by atoms with van der Waals surface area (Å²) in [5.74, 6) is 1.83. The Balaban J connectivity index is 1.03. The first-order valence-electron chi connectivity index (χ1n) is 20.6. The Morgan fingerprint density at radius 3 is 1.79 bits per heavy atom. The topological polar surface area (TPSA) is 69.1 Å². The summed E-state index contributed by atoms with van der Waals surface area (Å²) in [5.41, 5.74) is 16.7. The van der Waals surface area contributed by atoms with Crippen molar-refractivity contribution in [1.29, 1.82) is 0 Å². The molecule has 0 bridgehead atoms. The van der Waals surface area contributed by atoms with Crippen LogP contribution in [0.25, 0.3) is 106 Å². The quantitative estimate of drug-likeness (QED) is 0.179. The maximum absolute atomic E-state index is 6.77. The van der Waals surface area contributed by atoms with Gasteiger partial charge in [0.2, 0.25) is 5.71 Å². The maximum atomic E-state index is 6.77. The van der Waals surface area contributed by atoms with Crippen molar-refractivity contribution in [3.8, 4) is 56.4 Å². The number of aromatic nitrogens is 5. The van der Waals surface area contributed by atoms with Crippen molar-refractivity contribution in [2.45, 2.75) is 5.41 Å². The molecule has 0 saturated carbocycles. The number of para-hydroxylation sites is 2. The lowest BCUT2D eigenvalue weighted by molar-refractivity contribution is 0.650. The maximum Gasteiger partial charge on any atom is 0.215 e. The minimum Gasteiger partial charge on any atom is -0.439 e. The molecule has 0 atom stereocenters. The highest BCUT2D eigenvalue weighted by Gasteiger charge is 2.52. The summed E-state index contributed by atoms with van der Waals surface area (Å²) in [6.07, 6.45) is 0. The Hall–Kier alpha value is -8.22. The third kappa shape index (κ3) is 4.25. The van der Waals surface area contributed by atoms with E-state index in [-0.39, 0.29) is 0 Å². The number of hydrogen-bond acceptors (Lipinski definition) is 5. The molecule has 4 aromatic heterocycles. The number of rotatable bonds is 3. The number of fused-ring (bicyclic) bond motifs is 20. The summed E-state index contributed by atoms with van der Waals surface area (Å²) in [7, 11) is 0. The zero-order valence-electron chi connectivity index (χ0n) is 32.5. The van der Waals surface area contributed by atoms with Gasteiger partial charge in [-0.2, -0.15) is 0 Å². The van der Waals surface area contributed by atoms with Gasteiger partial charge in [-0.15, -0.1) is 0 Å². The van der Waals surface area contributed by atoms with Crippen LogP contribution in [0.2, 0.25) is 0 Å². The second-order valence-corrected chi connectivity index (χ2v) is 16.1. The van der Waals surface area contributed by atoms with E-state index in [2.05, 4.69) is 156 Å². The summed E-state index contributed by atoms with van der Waals surface area (Å²) >= 11 is 0. The van der Waals surface area contributed by atoms with Crippen LogP contribution >= 0.6 is 0 Å². The van der Waals surface area contributed by atoms with Gasteiger partial charge in [0.15, 0.2) is 17.5 Å². The van der Waals surface area contributed by atoms with E-state index < -0.39 is 5.41 Å². The lowest BCUT2D eigenvalue weighted by atomic mass is 9.70. The van der Waals surface area contributed by atoms with Crippen LogP contribution in [0.3, 0.4) is 0 Å². The molecule has 14 rings (SSSR count). The minimum absolute atomic E-state index is 0.477. The molecule has 0 fully saturated rings. The smallest absolute Gasteiger partial charge is 0.215 e. The van der Waals surface area contributed by atoms with Crippen molar-refractivity contribution in [1.82, 2.24) is 24.3 Å². The zero-order chi connectivity index (χ0) is 39.8. The van der Waals surface area contributed by atoms with Gasteiger partial charge in [-0.05, 0) is 80.2 Å². The van der Waals surface area contributed by atoms with E-state index in [9.17, 15) is 0 Å². The molecule has 0 N–H and O–H groups in total. The normalized spacial score (nSPS) is 13.4. The van der Waals surface area contributed by atoms with E-state index in [1.807, 2.05) is 36.4 Å². The number of pyridine rings is 1. The molecule has 0 radical (unpaired) electrons. The van der Waals surface area contributed by atoms with Gasteiger partial charge < -0.3 is 4.42 Å². The molecular weight excluding hydrogens is 747 g/mol. The summed E-state index contributed by atoms with van der Waals surface area (Å²) in [6, 6.07) is 66.5. The van der Waals surface area contributed by atoms with Crippen LogP contribution in [0.15, 0.2) is 192 Å². The Kier molecular flexibility index (Phi) is 6.40. The van der Waals surface area contributed by atoms with Gasteiger partial charge >= 0.3 is 0 Å². The number of hydrogen-bond donors (Lipinski definition) is 0. The molecule has 6 heteroatoms. The van der Waals surface area contributed by atoms with Crippen LogP contribution in [0.5, 0.6) is 0 Å². The van der Waals surface area contributed by atoms with Gasteiger partial charge in [0.1, 0.15) is 11.2 Å². The molecule has 61 heavy (non-hydrogen) atoms. The van der Waals surface area contributed by atoms with Gasteiger partial charge in [0, 0.05) is 27.5 Å². The van der Waals surface area contributed by atoms with Crippen LogP contribution in [-0.2, 0) is 5.41 Å². The molecule has 8 aromatic carbocycles. The first kappa shape index (κ1) is 32.7. The van der Waals surface area contributed by atoms with E-state index in [1.165, 1.54) is 38.9 Å². The minimum atomic E-state index is -0.477. The lowest BCUT2D eigenvalue weighted by Gasteiger charge is -2.30. The fourth-order valence-electron chi connectivity index (χ4n) is 10.6. The first-order chi connectivity index (χ1) is 30.3. The van der Waals surface area contributed by atoms with E-state index in [1.54, 1.807) is 0 Å². The van der Waals surface area contributed by atoms with Crippen molar-refractivity contribution in [2.24, 2.45) is 0 Å². The molecule has 6 nitrogen and oxygen atoms in total. The van der Waals surface area contributed by atoms with Crippen LogP contribution in [-0.4, -0.2) is 24.3 Å². The number of benzene rings is 8. The van der Waals surface area contributed by atoms with Crippen LogP contribution < -0.4 is 0 Å².